The second-order valence-electron chi connectivity index (χ2n) is 5.04. The van der Waals surface area contributed by atoms with Gasteiger partial charge in [-0.1, -0.05) is 13.8 Å². The van der Waals surface area contributed by atoms with Gasteiger partial charge in [0.15, 0.2) is 6.73 Å². The van der Waals surface area contributed by atoms with Gasteiger partial charge in [0.05, 0.1) is 0 Å². The van der Waals surface area contributed by atoms with E-state index in [0.29, 0.717) is 13.1 Å². The van der Waals surface area contributed by atoms with Crippen molar-refractivity contribution < 1.29 is 19.4 Å². The number of aliphatic carboxylic acids is 1. The highest BCUT2D eigenvalue weighted by Crippen LogP contribution is 2.12. The van der Waals surface area contributed by atoms with Crippen molar-refractivity contribution in [2.24, 2.45) is 10.9 Å². The van der Waals surface area contributed by atoms with Gasteiger partial charge >= 0.3 is 12.1 Å². The molecule has 20 heavy (non-hydrogen) atoms. The van der Waals surface area contributed by atoms with E-state index < -0.39 is 18.1 Å². The molecule has 1 rings (SSSR count). The van der Waals surface area contributed by atoms with Crippen LogP contribution in [-0.2, 0) is 9.53 Å². The van der Waals surface area contributed by atoms with E-state index in [1.165, 1.54) is 7.05 Å². The van der Waals surface area contributed by atoms with Crippen LogP contribution in [0.4, 0.5) is 4.79 Å². The summed E-state index contributed by atoms with van der Waals surface area (Å²) >= 11 is 0. The van der Waals surface area contributed by atoms with E-state index >= 15 is 0 Å². The van der Waals surface area contributed by atoms with Gasteiger partial charge in [0.25, 0.3) is 0 Å². The molecular formula is C13H21N3O4. The van der Waals surface area contributed by atoms with Crippen LogP contribution in [0.1, 0.15) is 20.3 Å². The molecule has 1 N–H and O–H groups in total. The molecule has 0 saturated heterocycles. The number of allylic oxidation sites excluding steroid dienone is 1. The van der Waals surface area contributed by atoms with Crippen molar-refractivity contribution >= 4 is 18.3 Å². The Balaban J connectivity index is 2.49. The molecule has 0 spiro atoms. The van der Waals surface area contributed by atoms with Crippen LogP contribution in [0.15, 0.2) is 17.3 Å². The van der Waals surface area contributed by atoms with Crippen molar-refractivity contribution in [3.63, 3.8) is 0 Å². The zero-order valence-electron chi connectivity index (χ0n) is 12.0. The fraction of sp³-hybridized carbons (Fsp3) is 0.615. The molecule has 0 aromatic rings. The summed E-state index contributed by atoms with van der Waals surface area (Å²) in [5, 5.41) is 9.17. The summed E-state index contributed by atoms with van der Waals surface area (Å²) in [5.41, 5.74) is 0. The van der Waals surface area contributed by atoms with E-state index in [9.17, 15) is 9.59 Å². The van der Waals surface area contributed by atoms with Crippen LogP contribution in [0, 0.1) is 5.92 Å². The van der Waals surface area contributed by atoms with Crippen molar-refractivity contribution in [1.29, 1.82) is 0 Å². The summed E-state index contributed by atoms with van der Waals surface area (Å²) in [6.07, 6.45) is 4.88. The summed E-state index contributed by atoms with van der Waals surface area (Å²) in [6.45, 7) is 4.28. The predicted octanol–water partition coefficient (Wildman–Crippen LogP) is 1.37. The summed E-state index contributed by atoms with van der Waals surface area (Å²) < 4.78 is 5.08. The maximum Gasteiger partial charge on any atom is 0.411 e. The molecule has 0 saturated carbocycles. The third-order valence-electron chi connectivity index (χ3n) is 2.84. The second kappa shape index (κ2) is 7.52. The van der Waals surface area contributed by atoms with E-state index in [1.807, 2.05) is 13.8 Å². The summed E-state index contributed by atoms with van der Waals surface area (Å²) in [5.74, 6) is -0.855. The lowest BCUT2D eigenvalue weighted by Crippen LogP contribution is -2.44. The Morgan fingerprint density at radius 3 is 2.70 bits per heavy atom. The molecule has 0 bridgehead atoms. The first-order valence-corrected chi connectivity index (χ1v) is 6.45. The standard InChI is InChI=1S/C13H21N3O4/c1-10(2)7-11(12(17)18)15(3)13(19)20-9-16-6-4-5-14-8-16/h4-6,10-11H,7-9H2,1-3H3,(H,17,18)/t11-/m0/s1. The number of ether oxygens (including phenoxy) is 1. The number of aliphatic imine (C=N–C) groups is 1. The number of carbonyl (C=O) groups excluding carboxylic acids is 1. The first-order valence-electron chi connectivity index (χ1n) is 6.45. The zero-order chi connectivity index (χ0) is 15.1. The molecule has 0 aromatic carbocycles. The Morgan fingerprint density at radius 1 is 1.50 bits per heavy atom. The van der Waals surface area contributed by atoms with E-state index in [0.717, 1.165) is 4.90 Å². The molecule has 0 fully saturated rings. The molecule has 1 amide bonds. The molecular weight excluding hydrogens is 262 g/mol. The second-order valence-corrected chi connectivity index (χ2v) is 5.04. The SMILES string of the molecule is CC(C)C[C@@H](C(=O)O)N(C)C(=O)OCN1C=CC=NC1. The van der Waals surface area contributed by atoms with Gasteiger partial charge in [-0.05, 0) is 18.4 Å². The average molecular weight is 283 g/mol. The van der Waals surface area contributed by atoms with E-state index in [1.54, 1.807) is 23.4 Å². The molecule has 1 aliphatic heterocycles. The number of carboxylic acid groups (broad SMARTS) is 1. The summed E-state index contributed by atoms with van der Waals surface area (Å²) in [6, 6.07) is -0.877. The average Bonchev–Trinajstić information content (AvgIpc) is 2.42. The maximum atomic E-state index is 11.9. The van der Waals surface area contributed by atoms with E-state index in [2.05, 4.69) is 4.99 Å². The molecule has 1 heterocycles. The molecule has 7 heteroatoms. The van der Waals surface area contributed by atoms with Crippen LogP contribution in [-0.4, -0.2) is 59.7 Å². The summed E-state index contributed by atoms with van der Waals surface area (Å²) in [4.78, 5) is 29.9. The molecule has 0 aromatic heterocycles. The van der Waals surface area contributed by atoms with Gasteiger partial charge in [0.2, 0.25) is 0 Å². The highest BCUT2D eigenvalue weighted by molar-refractivity contribution is 5.79. The van der Waals surface area contributed by atoms with Crippen molar-refractivity contribution in [1.82, 2.24) is 9.80 Å². The van der Waals surface area contributed by atoms with Crippen molar-refractivity contribution in [3.8, 4) is 0 Å². The van der Waals surface area contributed by atoms with Gasteiger partial charge < -0.3 is 14.7 Å². The minimum atomic E-state index is -1.03. The van der Waals surface area contributed by atoms with E-state index in [-0.39, 0.29) is 12.6 Å². The highest BCUT2D eigenvalue weighted by atomic mass is 16.6. The molecule has 1 atom stereocenters. The third-order valence-corrected chi connectivity index (χ3v) is 2.84. The van der Waals surface area contributed by atoms with Gasteiger partial charge in [-0.15, -0.1) is 0 Å². The quantitative estimate of drug-likeness (QED) is 0.796. The Morgan fingerprint density at radius 2 is 2.20 bits per heavy atom. The topological polar surface area (TPSA) is 82.4 Å². The Hall–Kier alpha value is -2.05. The van der Waals surface area contributed by atoms with Gasteiger partial charge in [-0.25, -0.2) is 9.59 Å². The molecule has 0 radical (unpaired) electrons. The van der Waals surface area contributed by atoms with E-state index in [4.69, 9.17) is 9.84 Å². The van der Waals surface area contributed by atoms with Crippen LogP contribution in [0.25, 0.3) is 0 Å². The number of rotatable bonds is 6. The lowest BCUT2D eigenvalue weighted by Gasteiger charge is -2.27. The van der Waals surface area contributed by atoms with Gasteiger partial charge in [0.1, 0.15) is 12.7 Å². The fourth-order valence-corrected chi connectivity index (χ4v) is 1.74. The normalized spacial score (nSPS) is 15.3. The smallest absolute Gasteiger partial charge is 0.411 e. The number of amides is 1. The fourth-order valence-electron chi connectivity index (χ4n) is 1.74. The van der Waals surface area contributed by atoms with Gasteiger partial charge in [0, 0.05) is 19.5 Å². The molecule has 0 aliphatic carbocycles. The maximum absolute atomic E-state index is 11.9. The minimum absolute atomic E-state index is 0.0467. The predicted molar refractivity (Wildman–Crippen MR) is 74.3 cm³/mol. The Kier molecular flexibility index (Phi) is 6.02. The number of hydrogen-bond acceptors (Lipinski definition) is 5. The van der Waals surface area contributed by atoms with Gasteiger partial charge in [-0.2, -0.15) is 0 Å². The summed E-state index contributed by atoms with van der Waals surface area (Å²) in [7, 11) is 1.44. The number of carboxylic acids is 1. The van der Waals surface area contributed by atoms with Crippen LogP contribution < -0.4 is 0 Å². The molecule has 1 aliphatic rings. The van der Waals surface area contributed by atoms with Crippen molar-refractivity contribution in [2.45, 2.75) is 26.3 Å². The number of hydrogen-bond donors (Lipinski definition) is 1. The minimum Gasteiger partial charge on any atom is -0.480 e. The first-order chi connectivity index (χ1) is 9.41. The Labute approximate surface area is 118 Å². The molecule has 0 unspecified atom stereocenters. The Bertz CT molecular complexity index is 406. The number of nitrogens with zero attached hydrogens (tertiary/aromatic N) is 3. The van der Waals surface area contributed by atoms with Crippen LogP contribution >= 0.6 is 0 Å². The number of likely N-dealkylation sites (N-methyl/N-ethyl adjacent to an activating group) is 1. The number of carbonyl (C=O) groups is 2. The third kappa shape index (κ3) is 4.91. The monoisotopic (exact) mass is 283 g/mol. The first kappa shape index (κ1) is 16.0. The van der Waals surface area contributed by atoms with Crippen molar-refractivity contribution in [2.75, 3.05) is 20.4 Å². The van der Waals surface area contributed by atoms with Gasteiger partial charge in [-0.3, -0.25) is 9.89 Å². The lowest BCUT2D eigenvalue weighted by molar-refractivity contribution is -0.143. The van der Waals surface area contributed by atoms with Crippen LogP contribution in [0.5, 0.6) is 0 Å². The highest BCUT2D eigenvalue weighted by Gasteiger charge is 2.28. The van der Waals surface area contributed by atoms with Crippen LogP contribution in [0.3, 0.4) is 0 Å². The molecule has 112 valence electrons. The zero-order valence-corrected chi connectivity index (χ0v) is 12.0. The molecule has 7 nitrogen and oxygen atoms in total. The lowest BCUT2D eigenvalue weighted by atomic mass is 10.0. The van der Waals surface area contributed by atoms with Crippen LogP contribution in [0.2, 0.25) is 0 Å². The largest absolute Gasteiger partial charge is 0.480 e. The van der Waals surface area contributed by atoms with Crippen molar-refractivity contribution in [3.05, 3.63) is 12.3 Å².